The third-order valence-electron chi connectivity index (χ3n) is 2.87. The lowest BCUT2D eigenvalue weighted by Gasteiger charge is -2.13. The zero-order valence-electron chi connectivity index (χ0n) is 11.8. The molecule has 2 rings (SSSR count). The number of halogens is 1. The predicted octanol–water partition coefficient (Wildman–Crippen LogP) is 2.14. The highest BCUT2D eigenvalue weighted by atomic mass is 79.9. The summed E-state index contributed by atoms with van der Waals surface area (Å²) < 4.78 is 5.92. The Balaban J connectivity index is 2.00. The van der Waals surface area contributed by atoms with Crippen LogP contribution in [0.25, 0.3) is 0 Å². The van der Waals surface area contributed by atoms with Gasteiger partial charge in [0.05, 0.1) is 5.97 Å². The van der Waals surface area contributed by atoms with Gasteiger partial charge < -0.3 is 20.0 Å². The summed E-state index contributed by atoms with van der Waals surface area (Å²) in [6, 6.07) is 11.7. The van der Waals surface area contributed by atoms with Gasteiger partial charge in [0.2, 0.25) is 0 Å². The summed E-state index contributed by atoms with van der Waals surface area (Å²) in [7, 11) is 0. The fourth-order valence-electron chi connectivity index (χ4n) is 1.76. The van der Waals surface area contributed by atoms with Crippen molar-refractivity contribution in [2.75, 3.05) is 11.9 Å². The van der Waals surface area contributed by atoms with Gasteiger partial charge in [0.1, 0.15) is 5.75 Å². The Morgan fingerprint density at radius 1 is 1.18 bits per heavy atom. The van der Waals surface area contributed by atoms with Crippen molar-refractivity contribution in [1.29, 1.82) is 0 Å². The van der Waals surface area contributed by atoms with Crippen LogP contribution >= 0.6 is 15.9 Å². The molecular formula is C16H13BrNO4-. The number of anilines is 1. The summed E-state index contributed by atoms with van der Waals surface area (Å²) in [6.07, 6.45) is 0. The van der Waals surface area contributed by atoms with E-state index in [-0.39, 0.29) is 17.9 Å². The fourth-order valence-corrected chi connectivity index (χ4v) is 2.13. The van der Waals surface area contributed by atoms with Crippen molar-refractivity contribution in [3.8, 4) is 5.75 Å². The minimum Gasteiger partial charge on any atom is -0.545 e. The van der Waals surface area contributed by atoms with Crippen molar-refractivity contribution in [2.45, 2.75) is 6.92 Å². The first kappa shape index (κ1) is 16.0. The van der Waals surface area contributed by atoms with Gasteiger partial charge in [-0.1, -0.05) is 33.6 Å². The maximum absolute atomic E-state index is 11.9. The van der Waals surface area contributed by atoms with Crippen molar-refractivity contribution in [2.24, 2.45) is 0 Å². The number of carboxylic acids is 1. The predicted molar refractivity (Wildman–Crippen MR) is 83.8 cm³/mol. The van der Waals surface area contributed by atoms with Crippen molar-refractivity contribution < 1.29 is 19.4 Å². The van der Waals surface area contributed by atoms with Crippen LogP contribution in [0.5, 0.6) is 5.75 Å². The van der Waals surface area contributed by atoms with E-state index in [1.165, 1.54) is 12.1 Å². The van der Waals surface area contributed by atoms with Crippen LogP contribution in [0.3, 0.4) is 0 Å². The van der Waals surface area contributed by atoms with Gasteiger partial charge in [0.25, 0.3) is 5.91 Å². The molecule has 5 nitrogen and oxygen atoms in total. The topological polar surface area (TPSA) is 78.5 Å². The molecule has 2 aromatic rings. The lowest BCUT2D eigenvalue weighted by molar-refractivity contribution is -0.254. The van der Waals surface area contributed by atoms with Crippen LogP contribution in [0.1, 0.15) is 15.9 Å². The standard InChI is InChI=1S/C16H14BrNO4/c1-10-2-5-12(6-3-10)22-9-15(19)18-14-7-4-11(17)8-13(14)16(20)21/h2-8H,9H2,1H3,(H,18,19)(H,20,21)/p-1. The van der Waals surface area contributed by atoms with Gasteiger partial charge in [-0.2, -0.15) is 0 Å². The van der Waals surface area contributed by atoms with Crippen molar-refractivity contribution in [3.63, 3.8) is 0 Å². The van der Waals surface area contributed by atoms with Gasteiger partial charge in [0.15, 0.2) is 6.61 Å². The minimum atomic E-state index is -1.36. The molecule has 1 amide bonds. The fraction of sp³-hybridized carbons (Fsp3) is 0.125. The molecule has 0 heterocycles. The molecular weight excluding hydrogens is 350 g/mol. The number of benzene rings is 2. The van der Waals surface area contributed by atoms with Gasteiger partial charge in [0, 0.05) is 15.7 Å². The van der Waals surface area contributed by atoms with E-state index in [9.17, 15) is 14.7 Å². The van der Waals surface area contributed by atoms with E-state index < -0.39 is 11.9 Å². The number of nitrogens with one attached hydrogen (secondary N) is 1. The maximum atomic E-state index is 11.9. The second-order valence-electron chi connectivity index (χ2n) is 4.63. The largest absolute Gasteiger partial charge is 0.545 e. The minimum absolute atomic E-state index is 0.0990. The van der Waals surface area contributed by atoms with E-state index in [2.05, 4.69) is 21.2 Å². The Morgan fingerprint density at radius 3 is 2.50 bits per heavy atom. The third-order valence-corrected chi connectivity index (χ3v) is 3.36. The van der Waals surface area contributed by atoms with Crippen molar-refractivity contribution in [1.82, 2.24) is 0 Å². The number of carboxylic acid groups (broad SMARTS) is 1. The third kappa shape index (κ3) is 4.33. The molecule has 6 heteroatoms. The van der Waals surface area contributed by atoms with Crippen LogP contribution < -0.4 is 15.2 Å². The summed E-state index contributed by atoms with van der Waals surface area (Å²) >= 11 is 3.17. The second kappa shape index (κ2) is 7.09. The summed E-state index contributed by atoms with van der Waals surface area (Å²) in [4.78, 5) is 22.9. The Kier molecular flexibility index (Phi) is 5.16. The molecule has 1 N–H and O–H groups in total. The molecule has 0 radical (unpaired) electrons. The number of ether oxygens (including phenoxy) is 1. The van der Waals surface area contributed by atoms with E-state index in [1.54, 1.807) is 18.2 Å². The Hall–Kier alpha value is -2.34. The summed E-state index contributed by atoms with van der Waals surface area (Å²) in [5, 5.41) is 13.5. The molecule has 0 aliphatic rings. The first-order valence-corrected chi connectivity index (χ1v) is 7.25. The van der Waals surface area contributed by atoms with Gasteiger partial charge in [-0.3, -0.25) is 4.79 Å². The molecule has 22 heavy (non-hydrogen) atoms. The molecule has 0 unspecified atom stereocenters. The molecule has 0 aliphatic heterocycles. The molecule has 114 valence electrons. The van der Waals surface area contributed by atoms with E-state index in [0.29, 0.717) is 10.2 Å². The summed E-state index contributed by atoms with van der Waals surface area (Å²) in [6.45, 7) is 1.73. The van der Waals surface area contributed by atoms with Gasteiger partial charge in [-0.15, -0.1) is 0 Å². The summed E-state index contributed by atoms with van der Waals surface area (Å²) in [5.41, 5.74) is 1.16. The smallest absolute Gasteiger partial charge is 0.262 e. The lowest BCUT2D eigenvalue weighted by atomic mass is 10.2. The first-order valence-electron chi connectivity index (χ1n) is 6.46. The number of hydrogen-bond acceptors (Lipinski definition) is 4. The van der Waals surface area contributed by atoms with Crippen LogP contribution in [0.2, 0.25) is 0 Å². The highest BCUT2D eigenvalue weighted by Gasteiger charge is 2.09. The van der Waals surface area contributed by atoms with Crippen LogP contribution in [-0.4, -0.2) is 18.5 Å². The highest BCUT2D eigenvalue weighted by molar-refractivity contribution is 9.10. The normalized spacial score (nSPS) is 10.1. The SMILES string of the molecule is Cc1ccc(OCC(=O)Nc2ccc(Br)cc2C(=O)[O-])cc1. The highest BCUT2D eigenvalue weighted by Crippen LogP contribution is 2.20. The van der Waals surface area contributed by atoms with E-state index in [1.807, 2.05) is 19.1 Å². The number of aromatic carboxylic acids is 1. The average Bonchev–Trinajstić information content (AvgIpc) is 2.48. The number of amides is 1. The van der Waals surface area contributed by atoms with E-state index >= 15 is 0 Å². The Morgan fingerprint density at radius 2 is 1.86 bits per heavy atom. The molecule has 0 spiro atoms. The number of aryl methyl sites for hydroxylation is 1. The molecule has 0 bridgehead atoms. The molecule has 0 aromatic heterocycles. The second-order valence-corrected chi connectivity index (χ2v) is 5.54. The molecule has 0 fully saturated rings. The molecule has 0 saturated heterocycles. The molecule has 0 aliphatic carbocycles. The zero-order valence-corrected chi connectivity index (χ0v) is 13.3. The van der Waals surface area contributed by atoms with Crippen LogP contribution in [0.15, 0.2) is 46.9 Å². The van der Waals surface area contributed by atoms with Crippen LogP contribution in [0.4, 0.5) is 5.69 Å². The number of carbonyl (C=O) groups excluding carboxylic acids is 2. The Labute approximate surface area is 136 Å². The molecule has 0 atom stereocenters. The number of rotatable bonds is 5. The van der Waals surface area contributed by atoms with E-state index in [0.717, 1.165) is 5.56 Å². The molecule has 2 aromatic carbocycles. The number of hydrogen-bond donors (Lipinski definition) is 1. The average molecular weight is 363 g/mol. The van der Waals surface area contributed by atoms with Gasteiger partial charge in [-0.25, -0.2) is 0 Å². The monoisotopic (exact) mass is 362 g/mol. The van der Waals surface area contributed by atoms with Crippen LogP contribution in [0, 0.1) is 6.92 Å². The van der Waals surface area contributed by atoms with Crippen LogP contribution in [-0.2, 0) is 4.79 Å². The first-order chi connectivity index (χ1) is 10.5. The summed E-state index contributed by atoms with van der Waals surface area (Å²) in [5.74, 6) is -1.25. The molecule has 0 saturated carbocycles. The Bertz CT molecular complexity index is 698. The maximum Gasteiger partial charge on any atom is 0.262 e. The number of carbonyl (C=O) groups is 2. The van der Waals surface area contributed by atoms with Crippen molar-refractivity contribution in [3.05, 3.63) is 58.1 Å². The van der Waals surface area contributed by atoms with Crippen molar-refractivity contribution >= 4 is 33.5 Å². The van der Waals surface area contributed by atoms with Gasteiger partial charge >= 0.3 is 0 Å². The van der Waals surface area contributed by atoms with Gasteiger partial charge in [-0.05, 0) is 37.3 Å². The zero-order chi connectivity index (χ0) is 16.1. The van der Waals surface area contributed by atoms with E-state index in [4.69, 9.17) is 4.74 Å². The quantitative estimate of drug-likeness (QED) is 0.883. The lowest BCUT2D eigenvalue weighted by Crippen LogP contribution is -2.26.